The molecular weight excluding hydrogens is 124 g/mol. The molecule has 0 saturated carbocycles. The van der Waals surface area contributed by atoms with Crippen LogP contribution in [0, 0.1) is 0 Å². The molecule has 0 aliphatic rings. The quantitative estimate of drug-likeness (QED) is 0.598. The monoisotopic (exact) mass is 139 g/mol. The maximum absolute atomic E-state index is 3.22. The summed E-state index contributed by atoms with van der Waals surface area (Å²) in [5.41, 5.74) is 0. The zero-order chi connectivity index (χ0) is 7.56. The zero-order valence-electron chi connectivity index (χ0n) is 6.89. The number of nitrogens with zero attached hydrogens (tertiary/aromatic N) is 1. The Morgan fingerprint density at radius 2 is 2.30 bits per heavy atom. The molecule has 1 heterocycles. The number of imidazole rings is 1. The summed E-state index contributed by atoms with van der Waals surface area (Å²) in [7, 11) is 0. The number of nitrogens with one attached hydrogen (secondary N) is 1. The molecular formula is C8H15N2+. The summed E-state index contributed by atoms with van der Waals surface area (Å²) in [6.07, 6.45) is 4.06. The highest BCUT2D eigenvalue weighted by molar-refractivity contribution is 4.83. The van der Waals surface area contributed by atoms with E-state index in [2.05, 4.69) is 36.5 Å². The van der Waals surface area contributed by atoms with Crippen molar-refractivity contribution in [3.05, 3.63) is 18.2 Å². The van der Waals surface area contributed by atoms with Crippen molar-refractivity contribution in [2.75, 3.05) is 0 Å². The fourth-order valence-corrected chi connectivity index (χ4v) is 1.15. The third-order valence-corrected chi connectivity index (χ3v) is 1.68. The van der Waals surface area contributed by atoms with Crippen LogP contribution in [0.3, 0.4) is 0 Å². The van der Waals surface area contributed by atoms with E-state index in [9.17, 15) is 0 Å². The van der Waals surface area contributed by atoms with Crippen molar-refractivity contribution in [1.29, 1.82) is 0 Å². The maximum atomic E-state index is 3.22. The lowest BCUT2D eigenvalue weighted by Crippen LogP contribution is -2.35. The Bertz CT molecular complexity index is 201. The summed E-state index contributed by atoms with van der Waals surface area (Å²) in [4.78, 5) is 3.22. The van der Waals surface area contributed by atoms with Gasteiger partial charge in [0.25, 0.3) is 5.82 Å². The van der Waals surface area contributed by atoms with Gasteiger partial charge in [0.1, 0.15) is 12.4 Å². The molecule has 0 aliphatic carbocycles. The van der Waals surface area contributed by atoms with Gasteiger partial charge < -0.3 is 0 Å². The maximum Gasteiger partial charge on any atom is 0.256 e. The molecule has 0 radical (unpaired) electrons. The third-order valence-electron chi connectivity index (χ3n) is 1.68. The Kier molecular flexibility index (Phi) is 2.10. The predicted octanol–water partition coefficient (Wildman–Crippen LogP) is 1.45. The number of H-pyrrole nitrogens is 1. The van der Waals surface area contributed by atoms with Gasteiger partial charge in [-0.2, -0.15) is 0 Å². The summed E-state index contributed by atoms with van der Waals surface area (Å²) in [6.45, 7) is 7.59. The summed E-state index contributed by atoms with van der Waals surface area (Å²) in [5.74, 6) is 1.90. The largest absolute Gasteiger partial charge is 0.256 e. The predicted molar refractivity (Wildman–Crippen MR) is 40.8 cm³/mol. The molecule has 2 nitrogen and oxygen atoms in total. The number of hydrogen-bond acceptors (Lipinski definition) is 0. The highest BCUT2D eigenvalue weighted by Gasteiger charge is 2.11. The third kappa shape index (κ3) is 1.20. The van der Waals surface area contributed by atoms with Gasteiger partial charge in [0.2, 0.25) is 0 Å². The second kappa shape index (κ2) is 2.86. The van der Waals surface area contributed by atoms with Crippen LogP contribution in [-0.4, -0.2) is 4.98 Å². The Hall–Kier alpha value is -0.790. The van der Waals surface area contributed by atoms with E-state index in [1.165, 1.54) is 5.82 Å². The first kappa shape index (κ1) is 7.32. The molecule has 1 aromatic rings. The molecule has 56 valence electrons. The van der Waals surface area contributed by atoms with E-state index in [-0.39, 0.29) is 0 Å². The van der Waals surface area contributed by atoms with Crippen LogP contribution in [0.4, 0.5) is 0 Å². The highest BCUT2D eigenvalue weighted by atomic mass is 15.1. The summed E-state index contributed by atoms with van der Waals surface area (Å²) >= 11 is 0. The molecule has 10 heavy (non-hydrogen) atoms. The standard InChI is InChI=1S/C8H14N2/c1-4-10-6-5-9-8(10)7(2)3/h5-7H,4H2,1-3H3/p+1. The molecule has 0 spiro atoms. The van der Waals surface area contributed by atoms with Crippen molar-refractivity contribution in [3.63, 3.8) is 0 Å². The van der Waals surface area contributed by atoms with Crippen LogP contribution >= 0.6 is 0 Å². The average Bonchev–Trinajstić information content (AvgIpc) is 2.33. The minimum atomic E-state index is 0.593. The lowest BCUT2D eigenvalue weighted by molar-refractivity contribution is -0.700. The smallest absolute Gasteiger partial charge is 0.247 e. The van der Waals surface area contributed by atoms with Gasteiger partial charge >= 0.3 is 0 Å². The van der Waals surface area contributed by atoms with Gasteiger partial charge in [-0.05, 0) is 6.92 Å². The van der Waals surface area contributed by atoms with Crippen LogP contribution in [0.5, 0.6) is 0 Å². The summed E-state index contributed by atoms with van der Waals surface area (Å²) in [5, 5.41) is 0. The molecule has 0 amide bonds. The van der Waals surface area contributed by atoms with Crippen LogP contribution in [0.15, 0.2) is 12.4 Å². The van der Waals surface area contributed by atoms with Gasteiger partial charge in [-0.25, -0.2) is 9.55 Å². The Labute approximate surface area is 61.9 Å². The second-order valence-electron chi connectivity index (χ2n) is 2.79. The van der Waals surface area contributed by atoms with Gasteiger partial charge in [-0.3, -0.25) is 0 Å². The van der Waals surface area contributed by atoms with E-state index < -0.39 is 0 Å². The SMILES string of the molecule is CC[n+]1cc[nH]c1C(C)C. The normalized spacial score (nSPS) is 10.8. The molecule has 0 atom stereocenters. The first-order valence-corrected chi connectivity index (χ1v) is 3.82. The van der Waals surface area contributed by atoms with Crippen molar-refractivity contribution in [2.24, 2.45) is 0 Å². The van der Waals surface area contributed by atoms with Gasteiger partial charge in [-0.15, -0.1) is 0 Å². The van der Waals surface area contributed by atoms with Gasteiger partial charge in [0, 0.05) is 0 Å². The second-order valence-corrected chi connectivity index (χ2v) is 2.79. The summed E-state index contributed by atoms with van der Waals surface area (Å²) in [6, 6.07) is 0. The fraction of sp³-hybridized carbons (Fsp3) is 0.625. The van der Waals surface area contributed by atoms with Gasteiger partial charge in [0.05, 0.1) is 12.5 Å². The Morgan fingerprint density at radius 3 is 2.70 bits per heavy atom. The van der Waals surface area contributed by atoms with Crippen molar-refractivity contribution in [3.8, 4) is 0 Å². The molecule has 1 aromatic heterocycles. The molecule has 0 bridgehead atoms. The van der Waals surface area contributed by atoms with Crippen LogP contribution in [0.25, 0.3) is 0 Å². The highest BCUT2D eigenvalue weighted by Crippen LogP contribution is 2.04. The van der Waals surface area contributed by atoms with E-state index in [1.54, 1.807) is 0 Å². The fourth-order valence-electron chi connectivity index (χ4n) is 1.15. The molecule has 0 saturated heterocycles. The Balaban J connectivity index is 2.90. The first-order chi connectivity index (χ1) is 4.75. The van der Waals surface area contributed by atoms with Gasteiger partial charge in [-0.1, -0.05) is 13.8 Å². The molecule has 0 fully saturated rings. The van der Waals surface area contributed by atoms with Gasteiger partial charge in [0.15, 0.2) is 0 Å². The van der Waals surface area contributed by atoms with E-state index in [1.807, 2.05) is 6.20 Å². The zero-order valence-corrected chi connectivity index (χ0v) is 6.89. The number of aromatic amines is 1. The van der Waals surface area contributed by atoms with E-state index in [0.29, 0.717) is 5.92 Å². The Morgan fingerprint density at radius 1 is 1.60 bits per heavy atom. The van der Waals surface area contributed by atoms with Crippen LogP contribution in [-0.2, 0) is 6.54 Å². The van der Waals surface area contributed by atoms with E-state index >= 15 is 0 Å². The lowest BCUT2D eigenvalue weighted by atomic mass is 10.2. The first-order valence-electron chi connectivity index (χ1n) is 3.82. The van der Waals surface area contributed by atoms with Crippen LogP contribution < -0.4 is 4.57 Å². The van der Waals surface area contributed by atoms with Crippen LogP contribution in [0.1, 0.15) is 32.5 Å². The number of hydrogen-bond donors (Lipinski definition) is 1. The lowest BCUT2D eigenvalue weighted by Gasteiger charge is -1.98. The molecule has 1 rings (SSSR count). The van der Waals surface area contributed by atoms with Crippen molar-refractivity contribution >= 4 is 0 Å². The minimum Gasteiger partial charge on any atom is -0.247 e. The molecule has 0 unspecified atom stereocenters. The van der Waals surface area contributed by atoms with E-state index in [0.717, 1.165) is 6.54 Å². The average molecular weight is 139 g/mol. The van der Waals surface area contributed by atoms with Crippen molar-refractivity contribution in [1.82, 2.24) is 4.98 Å². The minimum absolute atomic E-state index is 0.593. The number of rotatable bonds is 2. The van der Waals surface area contributed by atoms with Crippen molar-refractivity contribution in [2.45, 2.75) is 33.2 Å². The molecule has 1 N–H and O–H groups in total. The molecule has 2 heteroatoms. The van der Waals surface area contributed by atoms with E-state index in [4.69, 9.17) is 0 Å². The molecule has 0 aromatic carbocycles. The molecule has 0 aliphatic heterocycles. The topological polar surface area (TPSA) is 19.7 Å². The number of aromatic nitrogens is 2. The van der Waals surface area contributed by atoms with Crippen LogP contribution in [0.2, 0.25) is 0 Å². The van der Waals surface area contributed by atoms with Crippen molar-refractivity contribution < 1.29 is 4.57 Å². The summed E-state index contributed by atoms with van der Waals surface area (Å²) < 4.78 is 2.23. The number of aryl methyl sites for hydroxylation is 1.